The SMILES string of the molecule is CCCCCCOc1cc(C)ccc1CNc1ccc(C(F)(F)F)c(C#N)n1. The van der Waals surface area contributed by atoms with Crippen LogP contribution < -0.4 is 10.1 Å². The lowest BCUT2D eigenvalue weighted by atomic mass is 10.1. The highest BCUT2D eigenvalue weighted by Gasteiger charge is 2.34. The first-order chi connectivity index (χ1) is 13.3. The molecule has 2 aromatic rings. The van der Waals surface area contributed by atoms with Crippen molar-refractivity contribution in [2.24, 2.45) is 0 Å². The summed E-state index contributed by atoms with van der Waals surface area (Å²) in [5, 5.41) is 11.9. The third kappa shape index (κ3) is 6.15. The van der Waals surface area contributed by atoms with E-state index in [1.165, 1.54) is 18.6 Å². The van der Waals surface area contributed by atoms with Gasteiger partial charge in [0.25, 0.3) is 0 Å². The molecule has 0 bridgehead atoms. The maximum absolute atomic E-state index is 12.9. The predicted molar refractivity (Wildman–Crippen MR) is 102 cm³/mol. The van der Waals surface area contributed by atoms with Gasteiger partial charge in [-0.05, 0) is 37.1 Å². The molecule has 4 nitrogen and oxygen atoms in total. The number of ether oxygens (including phenoxy) is 1. The zero-order chi connectivity index (χ0) is 20.6. The van der Waals surface area contributed by atoms with Crippen LogP contribution in [0.5, 0.6) is 5.75 Å². The first-order valence-electron chi connectivity index (χ1n) is 9.29. The molecule has 1 aromatic carbocycles. The minimum atomic E-state index is -4.60. The van der Waals surface area contributed by atoms with E-state index in [0.29, 0.717) is 13.2 Å². The lowest BCUT2D eigenvalue weighted by Gasteiger charge is -2.14. The van der Waals surface area contributed by atoms with Crippen LogP contribution >= 0.6 is 0 Å². The Kier molecular flexibility index (Phi) is 7.68. The first kappa shape index (κ1) is 21.5. The molecule has 0 aliphatic rings. The summed E-state index contributed by atoms with van der Waals surface area (Å²) in [7, 11) is 0. The van der Waals surface area contributed by atoms with Crippen molar-refractivity contribution in [2.45, 2.75) is 52.3 Å². The van der Waals surface area contributed by atoms with Crippen molar-refractivity contribution in [1.82, 2.24) is 4.98 Å². The van der Waals surface area contributed by atoms with Crippen LogP contribution in [0.1, 0.15) is 55.0 Å². The summed E-state index contributed by atoms with van der Waals surface area (Å²) in [6.07, 6.45) is -0.188. The number of rotatable bonds is 9. The Labute approximate surface area is 163 Å². The molecule has 28 heavy (non-hydrogen) atoms. The van der Waals surface area contributed by atoms with E-state index >= 15 is 0 Å². The van der Waals surface area contributed by atoms with Crippen LogP contribution in [-0.4, -0.2) is 11.6 Å². The number of alkyl halides is 3. The van der Waals surface area contributed by atoms with Crippen molar-refractivity contribution >= 4 is 5.82 Å². The number of anilines is 1. The zero-order valence-electron chi connectivity index (χ0n) is 16.1. The average Bonchev–Trinajstić information content (AvgIpc) is 2.66. The van der Waals surface area contributed by atoms with Crippen molar-refractivity contribution in [3.63, 3.8) is 0 Å². The maximum atomic E-state index is 12.9. The van der Waals surface area contributed by atoms with E-state index in [0.717, 1.165) is 42.2 Å². The number of halogens is 3. The number of nitriles is 1. The number of nitrogens with one attached hydrogen (secondary N) is 1. The smallest absolute Gasteiger partial charge is 0.419 e. The van der Waals surface area contributed by atoms with Gasteiger partial charge in [0.1, 0.15) is 17.6 Å². The Morgan fingerprint density at radius 3 is 2.61 bits per heavy atom. The standard InChI is InChI=1S/C21H24F3N3O/c1-3-4-5-6-11-28-19-12-15(2)7-8-16(19)14-26-20-10-9-17(21(22,23)24)18(13-25)27-20/h7-10,12H,3-6,11,14H2,1-2H3,(H,26,27). The number of hydrogen-bond acceptors (Lipinski definition) is 4. The van der Waals surface area contributed by atoms with Crippen LogP contribution in [0.3, 0.4) is 0 Å². The summed E-state index contributed by atoms with van der Waals surface area (Å²) >= 11 is 0. The lowest BCUT2D eigenvalue weighted by molar-refractivity contribution is -0.138. The molecule has 0 fully saturated rings. The molecule has 0 aliphatic heterocycles. The van der Waals surface area contributed by atoms with Crippen LogP contribution in [0.4, 0.5) is 19.0 Å². The number of benzene rings is 1. The van der Waals surface area contributed by atoms with Crippen molar-refractivity contribution < 1.29 is 17.9 Å². The molecule has 7 heteroatoms. The molecular weight excluding hydrogens is 367 g/mol. The minimum absolute atomic E-state index is 0.207. The van der Waals surface area contributed by atoms with E-state index in [2.05, 4.69) is 17.2 Å². The summed E-state index contributed by atoms with van der Waals surface area (Å²) in [6.45, 7) is 5.07. The van der Waals surface area contributed by atoms with Gasteiger partial charge < -0.3 is 10.1 Å². The Bertz CT molecular complexity index is 829. The first-order valence-corrected chi connectivity index (χ1v) is 9.29. The predicted octanol–water partition coefficient (Wildman–Crippen LogP) is 5.85. The number of aromatic nitrogens is 1. The largest absolute Gasteiger partial charge is 0.493 e. The molecule has 0 unspecified atom stereocenters. The number of aryl methyl sites for hydroxylation is 1. The third-order valence-corrected chi connectivity index (χ3v) is 4.24. The Balaban J connectivity index is 2.07. The number of nitrogens with zero attached hydrogens (tertiary/aromatic N) is 2. The van der Waals surface area contributed by atoms with Gasteiger partial charge in [-0.25, -0.2) is 4.98 Å². The van der Waals surface area contributed by atoms with Crippen molar-refractivity contribution in [3.05, 3.63) is 52.7 Å². The van der Waals surface area contributed by atoms with Gasteiger partial charge >= 0.3 is 6.18 Å². The minimum Gasteiger partial charge on any atom is -0.493 e. The molecule has 0 amide bonds. The number of unbranched alkanes of at least 4 members (excludes halogenated alkanes) is 3. The summed E-state index contributed by atoms with van der Waals surface area (Å²) in [5.74, 6) is 0.954. The van der Waals surface area contributed by atoms with Crippen molar-refractivity contribution in [2.75, 3.05) is 11.9 Å². The highest BCUT2D eigenvalue weighted by molar-refractivity contribution is 5.46. The van der Waals surface area contributed by atoms with E-state index < -0.39 is 17.4 Å². The molecular formula is C21H24F3N3O. The van der Waals surface area contributed by atoms with Gasteiger partial charge in [-0.3, -0.25) is 0 Å². The average molecular weight is 391 g/mol. The van der Waals surface area contributed by atoms with Gasteiger partial charge in [-0.15, -0.1) is 0 Å². The van der Waals surface area contributed by atoms with Crippen LogP contribution in [0.25, 0.3) is 0 Å². The monoisotopic (exact) mass is 391 g/mol. The molecule has 0 atom stereocenters. The zero-order valence-corrected chi connectivity index (χ0v) is 16.1. The van der Waals surface area contributed by atoms with Gasteiger partial charge in [0.05, 0.1) is 12.2 Å². The molecule has 0 saturated carbocycles. The van der Waals surface area contributed by atoms with Crippen molar-refractivity contribution in [3.8, 4) is 11.8 Å². The molecule has 0 radical (unpaired) electrons. The molecule has 1 aromatic heterocycles. The quantitative estimate of drug-likeness (QED) is 0.545. The fourth-order valence-electron chi connectivity index (χ4n) is 2.71. The molecule has 2 rings (SSSR count). The fraction of sp³-hybridized carbons (Fsp3) is 0.429. The molecule has 0 spiro atoms. The summed E-state index contributed by atoms with van der Waals surface area (Å²) in [6, 6.07) is 9.41. The third-order valence-electron chi connectivity index (χ3n) is 4.24. The topological polar surface area (TPSA) is 57.9 Å². The Morgan fingerprint density at radius 1 is 1.14 bits per heavy atom. The summed E-state index contributed by atoms with van der Waals surface area (Å²) in [4.78, 5) is 3.78. The molecule has 1 heterocycles. The fourth-order valence-corrected chi connectivity index (χ4v) is 2.71. The normalized spacial score (nSPS) is 11.1. The van der Waals surface area contributed by atoms with Crippen LogP contribution in [0, 0.1) is 18.3 Å². The van der Waals surface area contributed by atoms with Gasteiger partial charge in [-0.2, -0.15) is 18.4 Å². The van der Waals surface area contributed by atoms with Gasteiger partial charge in [0, 0.05) is 12.1 Å². The van der Waals surface area contributed by atoms with E-state index in [4.69, 9.17) is 10.00 Å². The highest BCUT2D eigenvalue weighted by atomic mass is 19.4. The Morgan fingerprint density at radius 2 is 1.93 bits per heavy atom. The van der Waals surface area contributed by atoms with Gasteiger partial charge in [-0.1, -0.05) is 38.3 Å². The van der Waals surface area contributed by atoms with Crippen LogP contribution in [-0.2, 0) is 12.7 Å². The maximum Gasteiger partial charge on any atom is 0.419 e. The summed E-state index contributed by atoms with van der Waals surface area (Å²) < 4.78 is 44.5. The van der Waals surface area contributed by atoms with Crippen molar-refractivity contribution in [1.29, 1.82) is 5.26 Å². The second kappa shape index (κ2) is 9.98. The van der Waals surface area contributed by atoms with Gasteiger partial charge in [0.2, 0.25) is 0 Å². The number of hydrogen-bond donors (Lipinski definition) is 1. The number of pyridine rings is 1. The second-order valence-corrected chi connectivity index (χ2v) is 6.58. The lowest BCUT2D eigenvalue weighted by Crippen LogP contribution is -2.11. The van der Waals surface area contributed by atoms with E-state index in [-0.39, 0.29) is 5.82 Å². The molecule has 1 N–H and O–H groups in total. The van der Waals surface area contributed by atoms with E-state index in [1.807, 2.05) is 25.1 Å². The summed E-state index contributed by atoms with van der Waals surface area (Å²) in [5.41, 5.74) is 0.258. The molecule has 0 saturated heterocycles. The second-order valence-electron chi connectivity index (χ2n) is 6.58. The molecule has 150 valence electrons. The molecule has 0 aliphatic carbocycles. The van der Waals surface area contributed by atoms with E-state index in [9.17, 15) is 13.2 Å². The van der Waals surface area contributed by atoms with E-state index in [1.54, 1.807) is 0 Å². The van der Waals surface area contributed by atoms with Crippen LogP contribution in [0.15, 0.2) is 30.3 Å². The Hall–Kier alpha value is -2.75. The van der Waals surface area contributed by atoms with Crippen LogP contribution in [0.2, 0.25) is 0 Å². The van der Waals surface area contributed by atoms with Gasteiger partial charge in [0.15, 0.2) is 5.69 Å². The highest BCUT2D eigenvalue weighted by Crippen LogP contribution is 2.32.